The zero-order valence-corrected chi connectivity index (χ0v) is 17.1. The molecule has 0 unspecified atom stereocenters. The van der Waals surface area contributed by atoms with Crippen molar-refractivity contribution in [1.82, 2.24) is 15.1 Å². The molecule has 0 atom stereocenters. The van der Waals surface area contributed by atoms with Gasteiger partial charge in [0.25, 0.3) is 0 Å². The van der Waals surface area contributed by atoms with Crippen molar-refractivity contribution in [2.45, 2.75) is 25.0 Å². The number of hydrogen-bond donors (Lipinski definition) is 2. The zero-order chi connectivity index (χ0) is 20.6. The first-order chi connectivity index (χ1) is 13.8. The van der Waals surface area contributed by atoms with Crippen molar-refractivity contribution in [3.63, 3.8) is 0 Å². The number of rotatable bonds is 4. The maximum absolute atomic E-state index is 12.5. The van der Waals surface area contributed by atoms with Gasteiger partial charge in [-0.2, -0.15) is 5.10 Å². The Hall–Kier alpha value is -2.98. The zero-order valence-electron chi connectivity index (χ0n) is 15.5. The van der Waals surface area contributed by atoms with E-state index in [9.17, 15) is 18.0 Å². The summed E-state index contributed by atoms with van der Waals surface area (Å²) in [6.07, 6.45) is 0. The second kappa shape index (κ2) is 7.45. The number of hydrogen-bond acceptors (Lipinski definition) is 6. The number of aromatic nitrogens is 2. The first-order valence-corrected chi connectivity index (χ1v) is 11.5. The van der Waals surface area contributed by atoms with Crippen molar-refractivity contribution < 1.29 is 18.0 Å². The van der Waals surface area contributed by atoms with Crippen LogP contribution >= 0.6 is 11.3 Å². The highest BCUT2D eigenvalue weighted by Crippen LogP contribution is 2.33. The van der Waals surface area contributed by atoms with Gasteiger partial charge in [0.15, 0.2) is 9.84 Å². The Morgan fingerprint density at radius 2 is 1.93 bits per heavy atom. The molecule has 3 heterocycles. The number of carbonyl (C=O) groups is 2. The van der Waals surface area contributed by atoms with Crippen LogP contribution in [-0.4, -0.2) is 30.0 Å². The monoisotopic (exact) mass is 430 g/mol. The minimum Gasteiger partial charge on any atom is -0.343 e. The standard InChI is InChI=1S/C19H18N4O4S2/c1-12-5-2-3-7-16(12)23-17(14-10-29(26,27)11-15(14)22-23)21-19(25)18(24)20-9-13-6-4-8-28-13/h2-8H,9-11H2,1H3,(H,20,24)(H,21,25). The molecule has 0 spiro atoms. The maximum Gasteiger partial charge on any atom is 0.314 e. The Labute approximate surface area is 171 Å². The molecule has 29 heavy (non-hydrogen) atoms. The van der Waals surface area contributed by atoms with Crippen LogP contribution in [0, 0.1) is 6.92 Å². The second-order valence-electron chi connectivity index (χ2n) is 6.72. The molecule has 10 heteroatoms. The van der Waals surface area contributed by atoms with Gasteiger partial charge in [0, 0.05) is 10.4 Å². The first kappa shape index (κ1) is 19.3. The van der Waals surface area contributed by atoms with Crippen molar-refractivity contribution in [1.29, 1.82) is 0 Å². The Morgan fingerprint density at radius 3 is 2.66 bits per heavy atom. The molecule has 3 aromatic rings. The van der Waals surface area contributed by atoms with Crippen molar-refractivity contribution in [2.75, 3.05) is 5.32 Å². The molecule has 1 aliphatic rings. The average molecular weight is 431 g/mol. The smallest absolute Gasteiger partial charge is 0.314 e. The molecule has 1 aromatic carbocycles. The third-order valence-corrected chi connectivity index (χ3v) is 6.89. The van der Waals surface area contributed by atoms with E-state index < -0.39 is 21.7 Å². The molecule has 2 N–H and O–H groups in total. The maximum atomic E-state index is 12.5. The molecule has 0 saturated heterocycles. The lowest BCUT2D eigenvalue weighted by atomic mass is 10.2. The van der Waals surface area contributed by atoms with E-state index in [0.717, 1.165) is 10.4 Å². The third kappa shape index (κ3) is 3.94. The molecular weight excluding hydrogens is 412 g/mol. The number of carbonyl (C=O) groups excluding carboxylic acids is 2. The molecule has 0 saturated carbocycles. The van der Waals surface area contributed by atoms with E-state index in [2.05, 4.69) is 15.7 Å². The predicted molar refractivity (Wildman–Crippen MR) is 109 cm³/mol. The van der Waals surface area contributed by atoms with Crippen molar-refractivity contribution in [2.24, 2.45) is 0 Å². The van der Waals surface area contributed by atoms with Crippen LogP contribution in [0.25, 0.3) is 5.69 Å². The SMILES string of the molecule is Cc1ccccc1-n1nc2c(c1NC(=O)C(=O)NCc1cccs1)CS(=O)(=O)C2. The van der Waals surface area contributed by atoms with E-state index in [1.165, 1.54) is 16.0 Å². The number of nitrogens with one attached hydrogen (secondary N) is 2. The van der Waals surface area contributed by atoms with Crippen LogP contribution in [0.3, 0.4) is 0 Å². The summed E-state index contributed by atoms with van der Waals surface area (Å²) in [4.78, 5) is 25.6. The van der Waals surface area contributed by atoms with Gasteiger partial charge in [-0.15, -0.1) is 11.3 Å². The van der Waals surface area contributed by atoms with Gasteiger partial charge in [-0.05, 0) is 30.0 Å². The van der Waals surface area contributed by atoms with Gasteiger partial charge >= 0.3 is 11.8 Å². The van der Waals surface area contributed by atoms with E-state index in [1.54, 1.807) is 0 Å². The van der Waals surface area contributed by atoms with E-state index >= 15 is 0 Å². The summed E-state index contributed by atoms with van der Waals surface area (Å²) in [6, 6.07) is 11.1. The third-order valence-electron chi connectivity index (χ3n) is 4.57. The van der Waals surface area contributed by atoms with Crippen molar-refractivity contribution >= 4 is 38.8 Å². The van der Waals surface area contributed by atoms with E-state index in [-0.39, 0.29) is 23.9 Å². The molecule has 150 valence electrons. The van der Waals surface area contributed by atoms with E-state index in [4.69, 9.17) is 0 Å². The summed E-state index contributed by atoms with van der Waals surface area (Å²) in [7, 11) is -3.32. The quantitative estimate of drug-likeness (QED) is 0.615. The number of amides is 2. The number of sulfone groups is 1. The fourth-order valence-corrected chi connectivity index (χ4v) is 5.31. The Bertz CT molecular complexity index is 1200. The summed E-state index contributed by atoms with van der Waals surface area (Å²) < 4.78 is 25.6. The lowest BCUT2D eigenvalue weighted by Crippen LogP contribution is -2.35. The first-order valence-electron chi connectivity index (χ1n) is 8.83. The molecule has 0 bridgehead atoms. The number of anilines is 1. The Kier molecular flexibility index (Phi) is 4.97. The fourth-order valence-electron chi connectivity index (χ4n) is 3.17. The molecule has 2 amide bonds. The molecule has 0 radical (unpaired) electrons. The summed E-state index contributed by atoms with van der Waals surface area (Å²) >= 11 is 1.47. The number of nitrogens with zero attached hydrogens (tertiary/aromatic N) is 2. The largest absolute Gasteiger partial charge is 0.343 e. The van der Waals surface area contributed by atoms with Gasteiger partial charge in [-0.25, -0.2) is 13.1 Å². The normalized spacial score (nSPS) is 14.4. The summed E-state index contributed by atoms with van der Waals surface area (Å²) in [5.74, 6) is -1.87. The minimum atomic E-state index is -3.32. The van der Waals surface area contributed by atoms with Crippen LogP contribution in [0.5, 0.6) is 0 Å². The Morgan fingerprint density at radius 1 is 1.14 bits per heavy atom. The van der Waals surface area contributed by atoms with Gasteiger partial charge in [0.2, 0.25) is 0 Å². The van der Waals surface area contributed by atoms with Crippen LogP contribution in [0.1, 0.15) is 21.7 Å². The highest BCUT2D eigenvalue weighted by atomic mass is 32.2. The van der Waals surface area contributed by atoms with Gasteiger partial charge < -0.3 is 10.6 Å². The van der Waals surface area contributed by atoms with Gasteiger partial charge in [0.05, 0.1) is 29.4 Å². The molecule has 0 fully saturated rings. The minimum absolute atomic E-state index is 0.186. The van der Waals surface area contributed by atoms with Crippen LogP contribution in [0.2, 0.25) is 0 Å². The number of aryl methyl sites for hydroxylation is 1. The average Bonchev–Trinajstić information content (AvgIpc) is 3.36. The van der Waals surface area contributed by atoms with Crippen LogP contribution in [-0.2, 0) is 37.5 Å². The molecule has 1 aliphatic heterocycles. The van der Waals surface area contributed by atoms with Gasteiger partial charge in [-0.3, -0.25) is 9.59 Å². The van der Waals surface area contributed by atoms with Crippen molar-refractivity contribution in [3.05, 3.63) is 63.5 Å². The number of benzene rings is 1. The topological polar surface area (TPSA) is 110 Å². The van der Waals surface area contributed by atoms with Crippen LogP contribution < -0.4 is 10.6 Å². The van der Waals surface area contributed by atoms with Gasteiger partial charge in [0.1, 0.15) is 5.82 Å². The number of thiophene rings is 1. The number of fused-ring (bicyclic) bond motifs is 1. The lowest BCUT2D eigenvalue weighted by Gasteiger charge is -2.12. The molecule has 2 aromatic heterocycles. The highest BCUT2D eigenvalue weighted by Gasteiger charge is 2.34. The van der Waals surface area contributed by atoms with Crippen LogP contribution in [0.4, 0.5) is 5.82 Å². The lowest BCUT2D eigenvalue weighted by molar-refractivity contribution is -0.136. The highest BCUT2D eigenvalue weighted by molar-refractivity contribution is 7.90. The van der Waals surface area contributed by atoms with Crippen molar-refractivity contribution in [3.8, 4) is 5.69 Å². The second-order valence-corrected chi connectivity index (χ2v) is 9.82. The molecule has 8 nitrogen and oxygen atoms in total. The predicted octanol–water partition coefficient (Wildman–Crippen LogP) is 1.93. The Balaban J connectivity index is 1.63. The summed E-state index contributed by atoms with van der Waals surface area (Å²) in [6.45, 7) is 2.13. The van der Waals surface area contributed by atoms with Gasteiger partial charge in [-0.1, -0.05) is 24.3 Å². The number of para-hydroxylation sites is 1. The molecule has 0 aliphatic carbocycles. The van der Waals surface area contributed by atoms with E-state index in [1.807, 2.05) is 48.7 Å². The molecular formula is C19H18N4O4S2. The van der Waals surface area contributed by atoms with E-state index in [0.29, 0.717) is 16.9 Å². The summed E-state index contributed by atoms with van der Waals surface area (Å²) in [5.41, 5.74) is 2.41. The summed E-state index contributed by atoms with van der Waals surface area (Å²) in [5, 5.41) is 11.4. The van der Waals surface area contributed by atoms with Crippen LogP contribution in [0.15, 0.2) is 41.8 Å². The fraction of sp³-hybridized carbons (Fsp3) is 0.211. The molecule has 4 rings (SSSR count).